The summed E-state index contributed by atoms with van der Waals surface area (Å²) >= 11 is 0. The average molecular weight is 208 g/mol. The van der Waals surface area contributed by atoms with Crippen LogP contribution in [0.4, 0.5) is 0 Å². The van der Waals surface area contributed by atoms with Crippen molar-refractivity contribution in [3.8, 4) is 0 Å². The highest BCUT2D eigenvalue weighted by molar-refractivity contribution is 5.69. The molecule has 0 atom stereocenters. The minimum absolute atomic E-state index is 0.0856. The lowest BCUT2D eigenvalue weighted by Crippen LogP contribution is -2.12. The zero-order valence-corrected chi connectivity index (χ0v) is 8.94. The number of nitrogens with zero attached hydrogens (tertiary/aromatic N) is 2. The first-order valence-electron chi connectivity index (χ1n) is 5.42. The molecule has 0 amide bonds. The number of carboxylic acid groups (broad SMARTS) is 1. The fourth-order valence-corrected chi connectivity index (χ4v) is 2.34. The van der Waals surface area contributed by atoms with Gasteiger partial charge < -0.3 is 9.67 Å². The molecule has 0 bridgehead atoms. The summed E-state index contributed by atoms with van der Waals surface area (Å²) in [4.78, 5) is 15.0. The molecule has 0 aliphatic heterocycles. The molecule has 0 unspecified atom stereocenters. The minimum atomic E-state index is -0.780. The number of hydrogen-bond donors (Lipinski definition) is 1. The van der Waals surface area contributed by atoms with Crippen molar-refractivity contribution in [2.45, 2.75) is 45.1 Å². The van der Waals surface area contributed by atoms with E-state index >= 15 is 0 Å². The van der Waals surface area contributed by atoms with Crippen molar-refractivity contribution in [1.82, 2.24) is 9.55 Å². The average Bonchev–Trinajstić information content (AvgIpc) is 2.76. The van der Waals surface area contributed by atoms with Crippen molar-refractivity contribution in [2.75, 3.05) is 0 Å². The van der Waals surface area contributed by atoms with Gasteiger partial charge in [0.25, 0.3) is 0 Å². The van der Waals surface area contributed by atoms with Crippen LogP contribution in [0, 0.1) is 6.92 Å². The normalized spacial score (nSPS) is 17.1. The molecule has 0 spiro atoms. The Morgan fingerprint density at radius 1 is 1.60 bits per heavy atom. The second-order valence-corrected chi connectivity index (χ2v) is 4.19. The number of imidazole rings is 1. The molecule has 15 heavy (non-hydrogen) atoms. The first-order valence-corrected chi connectivity index (χ1v) is 5.42. The molecule has 1 aliphatic rings. The van der Waals surface area contributed by atoms with Crippen LogP contribution >= 0.6 is 0 Å². The first-order chi connectivity index (χ1) is 7.18. The van der Waals surface area contributed by atoms with Gasteiger partial charge in [0.1, 0.15) is 0 Å². The molecule has 4 heteroatoms. The summed E-state index contributed by atoms with van der Waals surface area (Å²) in [6, 6.07) is 0.473. The van der Waals surface area contributed by atoms with E-state index in [-0.39, 0.29) is 6.42 Å². The number of hydrogen-bond acceptors (Lipinski definition) is 2. The van der Waals surface area contributed by atoms with Gasteiger partial charge in [0, 0.05) is 6.04 Å². The lowest BCUT2D eigenvalue weighted by atomic mass is 10.2. The molecule has 1 heterocycles. The summed E-state index contributed by atoms with van der Waals surface area (Å²) in [5.74, 6) is -0.780. The maximum Gasteiger partial charge on any atom is 0.309 e. The SMILES string of the molecule is Cc1ncn(C2CCCC2)c1CC(=O)O. The quantitative estimate of drug-likeness (QED) is 0.825. The van der Waals surface area contributed by atoms with Crippen molar-refractivity contribution < 1.29 is 9.90 Å². The summed E-state index contributed by atoms with van der Waals surface area (Å²) < 4.78 is 2.07. The standard InChI is InChI=1S/C11H16N2O2/c1-8-10(6-11(14)15)13(7-12-8)9-4-2-3-5-9/h7,9H,2-6H2,1H3,(H,14,15). The van der Waals surface area contributed by atoms with E-state index in [1.54, 1.807) is 6.33 Å². The van der Waals surface area contributed by atoms with E-state index in [0.29, 0.717) is 6.04 Å². The maximum atomic E-state index is 10.7. The van der Waals surface area contributed by atoms with Crippen LogP contribution in [0.1, 0.15) is 43.1 Å². The molecule has 1 aromatic rings. The van der Waals surface area contributed by atoms with Gasteiger partial charge in [-0.1, -0.05) is 12.8 Å². The number of carbonyl (C=O) groups is 1. The number of aryl methyl sites for hydroxylation is 1. The van der Waals surface area contributed by atoms with Crippen LogP contribution in [-0.4, -0.2) is 20.6 Å². The molecule has 0 aromatic carbocycles. The van der Waals surface area contributed by atoms with Gasteiger partial charge in [-0.2, -0.15) is 0 Å². The first kappa shape index (κ1) is 10.2. The molecule has 1 aliphatic carbocycles. The van der Waals surface area contributed by atoms with E-state index in [9.17, 15) is 4.79 Å². The van der Waals surface area contributed by atoms with Gasteiger partial charge in [-0.3, -0.25) is 4.79 Å². The molecular formula is C11H16N2O2. The van der Waals surface area contributed by atoms with Gasteiger partial charge in [-0.15, -0.1) is 0 Å². The highest BCUT2D eigenvalue weighted by Crippen LogP contribution is 2.31. The van der Waals surface area contributed by atoms with E-state index in [4.69, 9.17) is 5.11 Å². The van der Waals surface area contributed by atoms with Crippen molar-refractivity contribution >= 4 is 5.97 Å². The van der Waals surface area contributed by atoms with Crippen LogP contribution in [0.5, 0.6) is 0 Å². The summed E-state index contributed by atoms with van der Waals surface area (Å²) in [6.07, 6.45) is 6.68. The number of carboxylic acids is 1. The second kappa shape index (κ2) is 4.04. The van der Waals surface area contributed by atoms with Crippen LogP contribution in [0.3, 0.4) is 0 Å². The highest BCUT2D eigenvalue weighted by atomic mass is 16.4. The molecular weight excluding hydrogens is 192 g/mol. The fourth-order valence-electron chi connectivity index (χ4n) is 2.34. The van der Waals surface area contributed by atoms with E-state index in [1.807, 2.05) is 6.92 Å². The predicted octanol–water partition coefficient (Wildman–Crippen LogP) is 1.93. The third-order valence-corrected chi connectivity index (χ3v) is 3.14. The lowest BCUT2D eigenvalue weighted by molar-refractivity contribution is -0.136. The van der Waals surface area contributed by atoms with Crippen molar-refractivity contribution in [3.05, 3.63) is 17.7 Å². The molecule has 0 saturated heterocycles. The van der Waals surface area contributed by atoms with Gasteiger partial charge in [0.05, 0.1) is 24.1 Å². The van der Waals surface area contributed by atoms with Crippen molar-refractivity contribution in [1.29, 1.82) is 0 Å². The van der Waals surface area contributed by atoms with Crippen molar-refractivity contribution in [3.63, 3.8) is 0 Å². The van der Waals surface area contributed by atoms with Crippen LogP contribution in [-0.2, 0) is 11.2 Å². The predicted molar refractivity (Wildman–Crippen MR) is 55.8 cm³/mol. The van der Waals surface area contributed by atoms with Gasteiger partial charge in [0.15, 0.2) is 0 Å². The topological polar surface area (TPSA) is 55.1 Å². The maximum absolute atomic E-state index is 10.7. The highest BCUT2D eigenvalue weighted by Gasteiger charge is 2.21. The lowest BCUT2D eigenvalue weighted by Gasteiger charge is -2.14. The monoisotopic (exact) mass is 208 g/mol. The summed E-state index contributed by atoms with van der Waals surface area (Å²) in [7, 11) is 0. The Labute approximate surface area is 88.9 Å². The summed E-state index contributed by atoms with van der Waals surface area (Å²) in [6.45, 7) is 1.88. The van der Waals surface area contributed by atoms with Gasteiger partial charge in [0.2, 0.25) is 0 Å². The molecule has 1 aromatic heterocycles. The van der Waals surface area contributed by atoms with E-state index in [1.165, 1.54) is 12.8 Å². The van der Waals surface area contributed by atoms with Crippen LogP contribution < -0.4 is 0 Å². The Morgan fingerprint density at radius 2 is 2.27 bits per heavy atom. The van der Waals surface area contributed by atoms with Gasteiger partial charge in [-0.05, 0) is 19.8 Å². The Balaban J connectivity index is 2.25. The van der Waals surface area contributed by atoms with Crippen molar-refractivity contribution in [2.24, 2.45) is 0 Å². The molecule has 82 valence electrons. The van der Waals surface area contributed by atoms with Gasteiger partial charge in [-0.25, -0.2) is 4.98 Å². The van der Waals surface area contributed by atoms with E-state index < -0.39 is 5.97 Å². The molecule has 1 N–H and O–H groups in total. The van der Waals surface area contributed by atoms with Crippen LogP contribution in [0.15, 0.2) is 6.33 Å². The summed E-state index contributed by atoms with van der Waals surface area (Å²) in [5, 5.41) is 8.84. The second-order valence-electron chi connectivity index (χ2n) is 4.19. The number of rotatable bonds is 3. The fraction of sp³-hybridized carbons (Fsp3) is 0.636. The smallest absolute Gasteiger partial charge is 0.309 e. The third kappa shape index (κ3) is 2.03. The van der Waals surface area contributed by atoms with E-state index in [2.05, 4.69) is 9.55 Å². The molecule has 0 radical (unpaired) electrons. The molecule has 2 rings (SSSR count). The minimum Gasteiger partial charge on any atom is -0.481 e. The van der Waals surface area contributed by atoms with Crippen LogP contribution in [0.25, 0.3) is 0 Å². The molecule has 1 saturated carbocycles. The number of aliphatic carboxylic acids is 1. The van der Waals surface area contributed by atoms with Gasteiger partial charge >= 0.3 is 5.97 Å². The zero-order chi connectivity index (χ0) is 10.8. The number of aromatic nitrogens is 2. The Hall–Kier alpha value is -1.32. The van der Waals surface area contributed by atoms with Crippen LogP contribution in [0.2, 0.25) is 0 Å². The molecule has 1 fully saturated rings. The Bertz CT molecular complexity index is 365. The third-order valence-electron chi connectivity index (χ3n) is 3.14. The summed E-state index contributed by atoms with van der Waals surface area (Å²) in [5.41, 5.74) is 1.72. The largest absolute Gasteiger partial charge is 0.481 e. The zero-order valence-electron chi connectivity index (χ0n) is 8.94. The Kier molecular flexibility index (Phi) is 2.75. The van der Waals surface area contributed by atoms with E-state index in [0.717, 1.165) is 24.2 Å². The Morgan fingerprint density at radius 3 is 2.87 bits per heavy atom. The molecule has 4 nitrogen and oxygen atoms in total.